The van der Waals surface area contributed by atoms with E-state index in [1.807, 2.05) is 6.92 Å². The first kappa shape index (κ1) is 5.77. The van der Waals surface area contributed by atoms with Gasteiger partial charge in [0.25, 0.3) is 0 Å². The molecule has 0 fully saturated rings. The Hall–Kier alpha value is -0.230. The largest absolute Gasteiger partial charge is 0.0988 e. The lowest BCUT2D eigenvalue weighted by Crippen LogP contribution is -1.55. The third kappa shape index (κ3) is 2.04. The topological polar surface area (TPSA) is 0 Å². The lowest BCUT2D eigenvalue weighted by atomic mass is 10.4. The van der Waals surface area contributed by atoms with E-state index in [1.54, 1.807) is 6.08 Å². The summed E-state index contributed by atoms with van der Waals surface area (Å²) in [5, 5.41) is 0. The minimum absolute atomic E-state index is 0.997. The van der Waals surface area contributed by atoms with E-state index >= 15 is 0 Å². The van der Waals surface area contributed by atoms with Gasteiger partial charge in [-0.2, -0.15) is 0 Å². The van der Waals surface area contributed by atoms with Gasteiger partial charge in [-0.1, -0.05) is 24.3 Å². The predicted molar refractivity (Wildman–Crippen MR) is 29.8 cm³/mol. The minimum Gasteiger partial charge on any atom is -0.0988 e. The SMILES string of the molecule is C=C/C(C)=C/Cl. The van der Waals surface area contributed by atoms with Crippen molar-refractivity contribution in [2.75, 3.05) is 0 Å². The number of halogens is 1. The molecule has 0 aliphatic carbocycles. The predicted octanol–water partition coefficient (Wildman–Crippen LogP) is 2.32. The summed E-state index contributed by atoms with van der Waals surface area (Å²) in [5.74, 6) is 0. The van der Waals surface area contributed by atoms with Crippen LogP contribution in [0.1, 0.15) is 6.92 Å². The van der Waals surface area contributed by atoms with Gasteiger partial charge in [-0.3, -0.25) is 0 Å². The fourth-order valence-corrected chi connectivity index (χ4v) is 0.134. The van der Waals surface area contributed by atoms with Crippen LogP contribution in [0.3, 0.4) is 0 Å². The first-order chi connectivity index (χ1) is 2.81. The van der Waals surface area contributed by atoms with Gasteiger partial charge in [0.05, 0.1) is 0 Å². The second kappa shape index (κ2) is 2.98. The first-order valence-corrected chi connectivity index (χ1v) is 2.14. The minimum atomic E-state index is 0.997. The molecule has 0 N–H and O–H groups in total. The fraction of sp³-hybridized carbons (Fsp3) is 0.200. The molecule has 0 aliphatic rings. The van der Waals surface area contributed by atoms with Gasteiger partial charge < -0.3 is 0 Å². The van der Waals surface area contributed by atoms with Crippen LogP contribution in [0.25, 0.3) is 0 Å². The van der Waals surface area contributed by atoms with Gasteiger partial charge >= 0.3 is 0 Å². The zero-order chi connectivity index (χ0) is 4.99. The fourth-order valence-electron chi connectivity index (χ4n) is 0.0445. The third-order valence-corrected chi connectivity index (χ3v) is 0.838. The van der Waals surface area contributed by atoms with Crippen LogP contribution in [0, 0.1) is 0 Å². The normalized spacial score (nSPS) is 11.3. The van der Waals surface area contributed by atoms with Crippen LogP contribution in [-0.2, 0) is 0 Å². The van der Waals surface area contributed by atoms with Gasteiger partial charge in [0.15, 0.2) is 0 Å². The molecule has 0 bridgehead atoms. The van der Waals surface area contributed by atoms with Gasteiger partial charge in [0.2, 0.25) is 0 Å². The Balaban J connectivity index is 3.50. The van der Waals surface area contributed by atoms with Gasteiger partial charge in [0, 0.05) is 5.54 Å². The summed E-state index contributed by atoms with van der Waals surface area (Å²) in [6.45, 7) is 5.37. The molecule has 0 aromatic rings. The van der Waals surface area contributed by atoms with E-state index in [0.29, 0.717) is 0 Å². The van der Waals surface area contributed by atoms with Gasteiger partial charge in [0.1, 0.15) is 0 Å². The second-order valence-corrected chi connectivity index (χ2v) is 1.28. The van der Waals surface area contributed by atoms with Crippen molar-refractivity contribution in [3.05, 3.63) is 23.8 Å². The Labute approximate surface area is 43.1 Å². The molecule has 0 rings (SSSR count). The summed E-state index contributed by atoms with van der Waals surface area (Å²) in [7, 11) is 0. The molecule has 0 saturated heterocycles. The first-order valence-electron chi connectivity index (χ1n) is 1.70. The number of hydrogen-bond donors (Lipinski definition) is 0. The van der Waals surface area contributed by atoms with Crippen molar-refractivity contribution in [3.8, 4) is 0 Å². The molecule has 0 aliphatic heterocycles. The third-order valence-electron chi connectivity index (χ3n) is 0.494. The standard InChI is InChI=1S/C5H7Cl/c1-3-5(2)4-6/h3-4H,1H2,2H3/b5-4+. The molecule has 0 atom stereocenters. The molecule has 0 nitrogen and oxygen atoms in total. The molecule has 0 aromatic carbocycles. The van der Waals surface area contributed by atoms with Crippen molar-refractivity contribution in [2.45, 2.75) is 6.92 Å². The zero-order valence-electron chi connectivity index (χ0n) is 3.74. The highest BCUT2D eigenvalue weighted by molar-refractivity contribution is 6.25. The molecule has 0 radical (unpaired) electrons. The van der Waals surface area contributed by atoms with Crippen LogP contribution in [0.2, 0.25) is 0 Å². The van der Waals surface area contributed by atoms with Crippen molar-refractivity contribution in [1.29, 1.82) is 0 Å². The molecule has 0 aromatic heterocycles. The number of allylic oxidation sites excluding steroid dienone is 2. The molecule has 0 amide bonds. The summed E-state index contributed by atoms with van der Waals surface area (Å²) < 4.78 is 0. The van der Waals surface area contributed by atoms with Crippen LogP contribution in [-0.4, -0.2) is 0 Å². The molecule has 1 heteroatoms. The van der Waals surface area contributed by atoms with Crippen molar-refractivity contribution < 1.29 is 0 Å². The van der Waals surface area contributed by atoms with Crippen LogP contribution in [0.5, 0.6) is 0 Å². The summed E-state index contributed by atoms with van der Waals surface area (Å²) >= 11 is 5.22. The molecule has 0 spiro atoms. The van der Waals surface area contributed by atoms with Crippen molar-refractivity contribution in [3.63, 3.8) is 0 Å². The van der Waals surface area contributed by atoms with Crippen LogP contribution in [0.4, 0.5) is 0 Å². The number of rotatable bonds is 1. The van der Waals surface area contributed by atoms with Crippen LogP contribution >= 0.6 is 11.6 Å². The lowest BCUT2D eigenvalue weighted by molar-refractivity contribution is 1.57. The summed E-state index contributed by atoms with van der Waals surface area (Å²) in [6, 6.07) is 0. The molecular formula is C5H7Cl. The molecule has 6 heavy (non-hydrogen) atoms. The second-order valence-electron chi connectivity index (χ2n) is 1.06. The Morgan fingerprint density at radius 3 is 2.33 bits per heavy atom. The van der Waals surface area contributed by atoms with Gasteiger partial charge in [-0.25, -0.2) is 0 Å². The number of hydrogen-bond acceptors (Lipinski definition) is 0. The maximum Gasteiger partial charge on any atom is 0.00715 e. The lowest BCUT2D eigenvalue weighted by Gasteiger charge is -1.76. The maximum absolute atomic E-state index is 5.22. The van der Waals surface area contributed by atoms with E-state index in [4.69, 9.17) is 11.6 Å². The zero-order valence-corrected chi connectivity index (χ0v) is 4.50. The smallest absolute Gasteiger partial charge is 0.00715 e. The quantitative estimate of drug-likeness (QED) is 0.446. The van der Waals surface area contributed by atoms with Crippen molar-refractivity contribution in [2.24, 2.45) is 0 Å². The van der Waals surface area contributed by atoms with Gasteiger partial charge in [-0.15, -0.1) is 0 Å². The molecule has 0 heterocycles. The molecule has 34 valence electrons. The van der Waals surface area contributed by atoms with E-state index in [-0.39, 0.29) is 0 Å². The average molecular weight is 103 g/mol. The van der Waals surface area contributed by atoms with E-state index in [9.17, 15) is 0 Å². The highest BCUT2D eigenvalue weighted by Crippen LogP contribution is 1.92. The maximum atomic E-state index is 5.22. The summed E-state index contributed by atoms with van der Waals surface area (Å²) in [5.41, 5.74) is 2.49. The molecule has 0 saturated carbocycles. The van der Waals surface area contributed by atoms with E-state index in [1.165, 1.54) is 5.54 Å². The Kier molecular flexibility index (Phi) is 2.87. The van der Waals surface area contributed by atoms with Crippen molar-refractivity contribution in [1.82, 2.24) is 0 Å². The Bertz CT molecular complexity index is 72.0. The van der Waals surface area contributed by atoms with Gasteiger partial charge in [-0.05, 0) is 12.5 Å². The van der Waals surface area contributed by atoms with E-state index in [2.05, 4.69) is 6.58 Å². The molecule has 0 unspecified atom stereocenters. The average Bonchev–Trinajstić information content (AvgIpc) is 1.65. The van der Waals surface area contributed by atoms with Crippen molar-refractivity contribution >= 4 is 11.6 Å². The Morgan fingerprint density at radius 1 is 1.83 bits per heavy atom. The van der Waals surface area contributed by atoms with Crippen LogP contribution < -0.4 is 0 Å². The highest BCUT2D eigenvalue weighted by atomic mass is 35.5. The molecular weight excluding hydrogens is 95.5 g/mol. The monoisotopic (exact) mass is 102 g/mol. The summed E-state index contributed by atoms with van der Waals surface area (Å²) in [4.78, 5) is 0. The highest BCUT2D eigenvalue weighted by Gasteiger charge is 1.68. The van der Waals surface area contributed by atoms with Crippen LogP contribution in [0.15, 0.2) is 23.8 Å². The van der Waals surface area contributed by atoms with E-state index < -0.39 is 0 Å². The van der Waals surface area contributed by atoms with E-state index in [0.717, 1.165) is 5.57 Å². The Morgan fingerprint density at radius 2 is 2.33 bits per heavy atom. The summed E-state index contributed by atoms with van der Waals surface area (Å²) in [6.07, 6.45) is 1.70.